The van der Waals surface area contributed by atoms with E-state index in [1.54, 1.807) is 24.0 Å². The molecule has 0 radical (unpaired) electrons. The van der Waals surface area contributed by atoms with E-state index >= 15 is 0 Å². The fourth-order valence-electron chi connectivity index (χ4n) is 5.06. The van der Waals surface area contributed by atoms with Crippen LogP contribution < -0.4 is 10.3 Å². The van der Waals surface area contributed by atoms with Crippen molar-refractivity contribution in [2.45, 2.75) is 25.8 Å². The Bertz CT molecular complexity index is 1470. The summed E-state index contributed by atoms with van der Waals surface area (Å²) in [7, 11) is -1.47. The van der Waals surface area contributed by atoms with Gasteiger partial charge in [-0.3, -0.25) is 14.5 Å². The fourth-order valence-corrected chi connectivity index (χ4v) is 5.88. The zero-order valence-electron chi connectivity index (χ0n) is 23.0. The first-order chi connectivity index (χ1) is 19.1. The lowest BCUT2D eigenvalue weighted by molar-refractivity contribution is -0.122. The number of piperazine rings is 1. The van der Waals surface area contributed by atoms with Gasteiger partial charge in [0.1, 0.15) is 11.3 Å². The van der Waals surface area contributed by atoms with Gasteiger partial charge in [-0.1, -0.05) is 0 Å². The van der Waals surface area contributed by atoms with Crippen molar-refractivity contribution in [1.82, 2.24) is 18.8 Å². The standard InChI is InChI=1S/C26H34N4O6S.CH2O2/c1-18(29-8-10-30(11-9-29)37(3,32)33)23-15-21-25(36-23)22(16-28(2)26(21)31)20-4-7-27-24(14-20)35-17-19-5-12-34-13-6-19;2-1-3/h4,7,14-16,18-19H,5-6,8-13,17H2,1-3H3;1H,(H,2,3). The van der Waals surface area contributed by atoms with Gasteiger partial charge in [0.05, 0.1) is 24.3 Å². The van der Waals surface area contributed by atoms with Crippen LogP contribution >= 0.6 is 0 Å². The molecule has 13 heteroatoms. The van der Waals surface area contributed by atoms with Gasteiger partial charge < -0.3 is 23.6 Å². The Morgan fingerprint density at radius 2 is 1.88 bits per heavy atom. The van der Waals surface area contributed by atoms with E-state index in [-0.39, 0.29) is 18.1 Å². The average Bonchev–Trinajstić information content (AvgIpc) is 3.40. The van der Waals surface area contributed by atoms with Crippen LogP contribution in [0.3, 0.4) is 0 Å². The van der Waals surface area contributed by atoms with Crippen LogP contribution in [0.2, 0.25) is 0 Å². The number of furan rings is 1. The van der Waals surface area contributed by atoms with Crippen molar-refractivity contribution in [3.63, 3.8) is 0 Å². The summed E-state index contributed by atoms with van der Waals surface area (Å²) in [5, 5.41) is 7.40. The Morgan fingerprint density at radius 3 is 2.52 bits per heavy atom. The van der Waals surface area contributed by atoms with E-state index in [4.69, 9.17) is 23.8 Å². The summed E-state index contributed by atoms with van der Waals surface area (Å²) in [6.07, 6.45) is 6.70. The second-order valence-corrected chi connectivity index (χ2v) is 12.1. The first-order valence-corrected chi connectivity index (χ1v) is 15.0. The summed E-state index contributed by atoms with van der Waals surface area (Å²) in [4.78, 5) is 27.9. The van der Waals surface area contributed by atoms with E-state index in [2.05, 4.69) is 9.88 Å². The lowest BCUT2D eigenvalue weighted by Gasteiger charge is -2.36. The van der Waals surface area contributed by atoms with Gasteiger partial charge in [0.15, 0.2) is 0 Å². The number of carboxylic acid groups (broad SMARTS) is 1. The summed E-state index contributed by atoms with van der Waals surface area (Å²) in [6, 6.07) is 5.48. The quantitative estimate of drug-likeness (QED) is 0.416. The third-order valence-electron chi connectivity index (χ3n) is 7.42. The largest absolute Gasteiger partial charge is 0.483 e. The van der Waals surface area contributed by atoms with E-state index < -0.39 is 10.0 Å². The topological polar surface area (TPSA) is 144 Å². The van der Waals surface area contributed by atoms with Gasteiger partial charge >= 0.3 is 0 Å². The molecule has 0 spiro atoms. The van der Waals surface area contributed by atoms with E-state index in [1.165, 1.54) is 10.6 Å². The van der Waals surface area contributed by atoms with Crippen LogP contribution in [0.5, 0.6) is 5.88 Å². The van der Waals surface area contributed by atoms with Crippen molar-refractivity contribution in [2.75, 3.05) is 52.3 Å². The van der Waals surface area contributed by atoms with E-state index in [0.717, 1.165) is 37.2 Å². The average molecular weight is 577 g/mol. The molecule has 2 aliphatic heterocycles. The fraction of sp³-hybridized carbons (Fsp3) is 0.519. The minimum absolute atomic E-state index is 0.109. The number of sulfonamides is 1. The van der Waals surface area contributed by atoms with Gasteiger partial charge in [0.25, 0.3) is 12.0 Å². The number of hydrogen-bond acceptors (Lipinski definition) is 9. The molecule has 5 heterocycles. The molecule has 3 aromatic heterocycles. The molecule has 2 aliphatic rings. The predicted molar refractivity (Wildman–Crippen MR) is 149 cm³/mol. The second-order valence-electron chi connectivity index (χ2n) is 10.1. The first-order valence-electron chi connectivity index (χ1n) is 13.2. The van der Waals surface area contributed by atoms with Gasteiger partial charge in [-0.25, -0.2) is 13.4 Å². The van der Waals surface area contributed by atoms with Gasteiger partial charge in [-0.2, -0.15) is 4.31 Å². The van der Waals surface area contributed by atoms with Crippen LogP contribution in [0, 0.1) is 5.92 Å². The lowest BCUT2D eigenvalue weighted by atomic mass is 10.0. The molecule has 2 fully saturated rings. The SMILES string of the molecule is CC(c1cc2c(=O)n(C)cc(-c3ccnc(OCC4CCOCC4)c3)c2o1)N1CCN(S(C)(=O)=O)CC1.O=CO. The van der Waals surface area contributed by atoms with Crippen LogP contribution in [0.4, 0.5) is 0 Å². The van der Waals surface area contributed by atoms with Crippen molar-refractivity contribution < 1.29 is 32.2 Å². The Morgan fingerprint density at radius 1 is 1.20 bits per heavy atom. The van der Waals surface area contributed by atoms with Gasteiger partial charge in [0, 0.05) is 70.5 Å². The van der Waals surface area contributed by atoms with E-state index in [9.17, 15) is 13.2 Å². The summed E-state index contributed by atoms with van der Waals surface area (Å²) in [5.41, 5.74) is 2.04. The molecule has 5 rings (SSSR count). The zero-order valence-corrected chi connectivity index (χ0v) is 23.8. The maximum absolute atomic E-state index is 13.0. The molecule has 0 saturated carbocycles. The minimum atomic E-state index is -3.20. The van der Waals surface area contributed by atoms with Crippen LogP contribution in [0.25, 0.3) is 22.1 Å². The van der Waals surface area contributed by atoms with Crippen molar-refractivity contribution in [2.24, 2.45) is 13.0 Å². The third kappa shape index (κ3) is 6.89. The molecule has 0 bridgehead atoms. The highest BCUT2D eigenvalue weighted by atomic mass is 32.2. The maximum atomic E-state index is 13.0. The number of aromatic nitrogens is 2. The number of hydrogen-bond donors (Lipinski definition) is 1. The molecule has 0 aromatic carbocycles. The smallest absolute Gasteiger partial charge is 0.290 e. The number of carbonyl (C=O) groups is 1. The number of aryl methyl sites for hydroxylation is 1. The molecule has 0 amide bonds. The van der Waals surface area contributed by atoms with Crippen molar-refractivity contribution >= 4 is 27.5 Å². The molecule has 40 heavy (non-hydrogen) atoms. The molecule has 12 nitrogen and oxygen atoms in total. The highest BCUT2D eigenvalue weighted by Gasteiger charge is 2.28. The summed E-state index contributed by atoms with van der Waals surface area (Å²) in [5.74, 6) is 1.67. The predicted octanol–water partition coefficient (Wildman–Crippen LogP) is 2.34. The molecule has 2 saturated heterocycles. The number of rotatable bonds is 7. The van der Waals surface area contributed by atoms with Crippen LogP contribution in [-0.2, 0) is 26.6 Å². The highest BCUT2D eigenvalue weighted by Crippen LogP contribution is 2.34. The number of nitrogens with zero attached hydrogens (tertiary/aromatic N) is 4. The third-order valence-corrected chi connectivity index (χ3v) is 8.73. The molecular weight excluding hydrogens is 540 g/mol. The van der Waals surface area contributed by atoms with Crippen molar-refractivity contribution in [1.29, 1.82) is 0 Å². The normalized spacial score (nSPS) is 18.2. The number of pyridine rings is 2. The number of ether oxygens (including phenoxy) is 2. The molecule has 1 N–H and O–H groups in total. The van der Waals surface area contributed by atoms with Gasteiger partial charge in [-0.05, 0) is 43.4 Å². The van der Waals surface area contributed by atoms with E-state index in [1.807, 2.05) is 25.1 Å². The molecule has 218 valence electrons. The van der Waals surface area contributed by atoms with E-state index in [0.29, 0.717) is 61.3 Å². The van der Waals surface area contributed by atoms with Crippen molar-refractivity contribution in [3.05, 3.63) is 46.7 Å². The van der Waals surface area contributed by atoms with Crippen LogP contribution in [0.15, 0.2) is 39.8 Å². The zero-order chi connectivity index (χ0) is 28.9. The van der Waals surface area contributed by atoms with Gasteiger partial charge in [0.2, 0.25) is 15.9 Å². The second kappa shape index (κ2) is 12.9. The Labute approximate surface area is 233 Å². The lowest BCUT2D eigenvalue weighted by Crippen LogP contribution is -2.48. The van der Waals surface area contributed by atoms with Crippen molar-refractivity contribution in [3.8, 4) is 17.0 Å². The minimum Gasteiger partial charge on any atom is -0.483 e. The molecule has 0 aliphatic carbocycles. The Balaban J connectivity index is 0.00000118. The summed E-state index contributed by atoms with van der Waals surface area (Å²) < 4.78 is 44.6. The first kappa shape index (κ1) is 29.7. The Kier molecular flexibility index (Phi) is 9.61. The summed E-state index contributed by atoms with van der Waals surface area (Å²) in [6.45, 7) is 5.95. The van der Waals surface area contributed by atoms with Crippen LogP contribution in [0.1, 0.15) is 31.6 Å². The number of fused-ring (bicyclic) bond motifs is 1. The molecule has 1 unspecified atom stereocenters. The highest BCUT2D eigenvalue weighted by molar-refractivity contribution is 7.88. The Hall–Kier alpha value is -3.26. The van der Waals surface area contributed by atoms with Crippen LogP contribution in [-0.4, -0.2) is 91.0 Å². The molecule has 1 atom stereocenters. The van der Waals surface area contributed by atoms with Gasteiger partial charge in [-0.15, -0.1) is 0 Å². The molecule has 3 aromatic rings. The summed E-state index contributed by atoms with van der Waals surface area (Å²) >= 11 is 0. The maximum Gasteiger partial charge on any atom is 0.290 e. The monoisotopic (exact) mass is 576 g/mol. The molecular formula is C27H36N4O8S.